The zero-order chi connectivity index (χ0) is 20.6. The molecule has 2 N–H and O–H groups in total. The molecule has 0 unspecified atom stereocenters. The first-order valence-corrected chi connectivity index (χ1v) is 10.8. The fraction of sp³-hybridized carbons (Fsp3) is 0.300. The number of H-pyrrole nitrogens is 1. The number of benzene rings is 1. The molecule has 4 rings (SSSR count). The number of hydrogen-bond acceptors (Lipinski definition) is 5. The number of nitrogens with zero attached hydrogens (tertiary/aromatic N) is 3. The van der Waals surface area contributed by atoms with Gasteiger partial charge in [-0.25, -0.2) is 13.4 Å². The van der Waals surface area contributed by atoms with Gasteiger partial charge in [-0.2, -0.15) is 4.31 Å². The maximum Gasteiger partial charge on any atom is 0.253 e. The lowest BCUT2D eigenvalue weighted by Crippen LogP contribution is -2.46. The van der Waals surface area contributed by atoms with Gasteiger partial charge in [-0.1, -0.05) is 12.1 Å². The number of halogens is 1. The smallest absolute Gasteiger partial charge is 0.253 e. The highest BCUT2D eigenvalue weighted by Crippen LogP contribution is 2.27. The van der Waals surface area contributed by atoms with E-state index in [1.54, 1.807) is 43.7 Å². The number of aromatic amines is 1. The molecular formula is C20H24ClN5O3S. The summed E-state index contributed by atoms with van der Waals surface area (Å²) >= 11 is 0. The third kappa shape index (κ3) is 4.06. The Bertz CT molecular complexity index is 1150. The van der Waals surface area contributed by atoms with Crippen LogP contribution in [0.25, 0.3) is 22.2 Å². The van der Waals surface area contributed by atoms with Crippen LogP contribution in [0.15, 0.2) is 47.6 Å². The van der Waals surface area contributed by atoms with Gasteiger partial charge in [0.15, 0.2) is 0 Å². The zero-order valence-electron chi connectivity index (χ0n) is 16.8. The van der Waals surface area contributed by atoms with Crippen molar-refractivity contribution < 1.29 is 13.2 Å². The normalized spacial score (nSPS) is 15.7. The van der Waals surface area contributed by atoms with Gasteiger partial charge in [0, 0.05) is 56.6 Å². The highest BCUT2D eigenvalue weighted by molar-refractivity contribution is 7.89. The number of amides is 1. The van der Waals surface area contributed by atoms with Gasteiger partial charge in [0.2, 0.25) is 10.0 Å². The van der Waals surface area contributed by atoms with E-state index in [0.29, 0.717) is 24.3 Å². The Morgan fingerprint density at radius 1 is 1.10 bits per heavy atom. The second kappa shape index (κ2) is 8.73. The van der Waals surface area contributed by atoms with Gasteiger partial charge in [0.25, 0.3) is 5.91 Å². The van der Waals surface area contributed by atoms with E-state index in [9.17, 15) is 13.2 Å². The number of carbonyl (C=O) groups is 1. The predicted octanol–water partition coefficient (Wildman–Crippen LogP) is 1.95. The molecule has 10 heteroatoms. The van der Waals surface area contributed by atoms with Gasteiger partial charge >= 0.3 is 0 Å². The van der Waals surface area contributed by atoms with Crippen molar-refractivity contribution in [3.05, 3.63) is 48.3 Å². The summed E-state index contributed by atoms with van der Waals surface area (Å²) in [4.78, 5) is 21.8. The van der Waals surface area contributed by atoms with E-state index >= 15 is 0 Å². The Balaban J connectivity index is 0.00000256. The van der Waals surface area contributed by atoms with E-state index in [2.05, 4.69) is 20.2 Å². The van der Waals surface area contributed by atoms with E-state index in [-0.39, 0.29) is 23.2 Å². The summed E-state index contributed by atoms with van der Waals surface area (Å²) in [6, 6.07) is 8.69. The molecule has 1 fully saturated rings. The first-order valence-electron chi connectivity index (χ1n) is 9.38. The molecule has 1 aliphatic heterocycles. The van der Waals surface area contributed by atoms with Gasteiger partial charge in [0.05, 0.1) is 10.5 Å². The monoisotopic (exact) mass is 449 g/mol. The number of rotatable bonds is 4. The van der Waals surface area contributed by atoms with E-state index in [0.717, 1.165) is 29.6 Å². The van der Waals surface area contributed by atoms with Crippen LogP contribution in [-0.2, 0) is 10.0 Å². The molecule has 3 aromatic rings. The summed E-state index contributed by atoms with van der Waals surface area (Å²) in [6.07, 6.45) is 3.34. The van der Waals surface area contributed by atoms with Crippen molar-refractivity contribution in [2.75, 3.05) is 40.3 Å². The van der Waals surface area contributed by atoms with Crippen LogP contribution in [0, 0.1) is 0 Å². The highest BCUT2D eigenvalue weighted by atomic mass is 35.5. The first kappa shape index (κ1) is 22.2. The molecule has 160 valence electrons. The molecule has 3 heterocycles. The number of fused-ring (bicyclic) bond motifs is 1. The number of hydrogen-bond donors (Lipinski definition) is 2. The highest BCUT2D eigenvalue weighted by Gasteiger charge is 2.27. The van der Waals surface area contributed by atoms with Crippen molar-refractivity contribution in [3.8, 4) is 11.1 Å². The summed E-state index contributed by atoms with van der Waals surface area (Å²) in [5.74, 6) is -0.191. The molecule has 1 amide bonds. The largest absolute Gasteiger partial charge is 0.355 e. The Labute approximate surface area is 181 Å². The molecule has 0 bridgehead atoms. The van der Waals surface area contributed by atoms with Crippen LogP contribution in [-0.4, -0.2) is 73.8 Å². The van der Waals surface area contributed by atoms with Crippen LogP contribution in [0.1, 0.15) is 10.4 Å². The molecule has 0 saturated carbocycles. The van der Waals surface area contributed by atoms with E-state index in [4.69, 9.17) is 0 Å². The molecule has 1 aliphatic rings. The van der Waals surface area contributed by atoms with Crippen LogP contribution in [0.4, 0.5) is 0 Å². The number of likely N-dealkylation sites (N-methyl/N-ethyl adjacent to an activating group) is 1. The van der Waals surface area contributed by atoms with Gasteiger partial charge in [0.1, 0.15) is 5.65 Å². The molecule has 0 atom stereocenters. The van der Waals surface area contributed by atoms with Crippen LogP contribution in [0.5, 0.6) is 0 Å². The number of carbonyl (C=O) groups excluding carboxylic acids is 1. The predicted molar refractivity (Wildman–Crippen MR) is 118 cm³/mol. The fourth-order valence-electron chi connectivity index (χ4n) is 3.48. The summed E-state index contributed by atoms with van der Waals surface area (Å²) in [5, 5.41) is 3.33. The molecule has 30 heavy (non-hydrogen) atoms. The quantitative estimate of drug-likeness (QED) is 0.634. The Morgan fingerprint density at radius 2 is 1.77 bits per heavy atom. The maximum atomic E-state index is 12.9. The van der Waals surface area contributed by atoms with Gasteiger partial charge < -0.3 is 15.2 Å². The minimum atomic E-state index is -3.50. The number of nitrogens with one attached hydrogen (secondary N) is 2. The summed E-state index contributed by atoms with van der Waals surface area (Å²) < 4.78 is 27.3. The molecule has 2 aromatic heterocycles. The Hall–Kier alpha value is -2.46. The van der Waals surface area contributed by atoms with Crippen molar-refractivity contribution in [2.45, 2.75) is 4.90 Å². The van der Waals surface area contributed by atoms with Crippen LogP contribution >= 0.6 is 12.4 Å². The summed E-state index contributed by atoms with van der Waals surface area (Å²) in [6.45, 7) is 2.45. The average molecular weight is 450 g/mol. The topological polar surface area (TPSA) is 98.4 Å². The minimum absolute atomic E-state index is 0. The zero-order valence-corrected chi connectivity index (χ0v) is 18.4. The van der Waals surface area contributed by atoms with Crippen molar-refractivity contribution in [3.63, 3.8) is 0 Å². The molecule has 0 radical (unpaired) electrons. The van der Waals surface area contributed by atoms with Crippen molar-refractivity contribution in [2.24, 2.45) is 0 Å². The molecule has 0 spiro atoms. The van der Waals surface area contributed by atoms with Gasteiger partial charge in [-0.15, -0.1) is 12.4 Å². The van der Waals surface area contributed by atoms with Crippen LogP contribution < -0.4 is 5.32 Å². The van der Waals surface area contributed by atoms with E-state index in [1.807, 2.05) is 13.1 Å². The second-order valence-corrected chi connectivity index (χ2v) is 9.07. The first-order chi connectivity index (χ1) is 13.9. The third-order valence-corrected chi connectivity index (χ3v) is 7.20. The molecule has 8 nitrogen and oxygen atoms in total. The molecular weight excluding hydrogens is 426 g/mol. The van der Waals surface area contributed by atoms with E-state index < -0.39 is 10.0 Å². The van der Waals surface area contributed by atoms with Crippen molar-refractivity contribution in [1.29, 1.82) is 0 Å². The molecule has 1 aromatic carbocycles. The van der Waals surface area contributed by atoms with E-state index in [1.165, 1.54) is 4.31 Å². The van der Waals surface area contributed by atoms with Gasteiger partial charge in [-0.3, -0.25) is 4.79 Å². The lowest BCUT2D eigenvalue weighted by Gasteiger charge is -2.31. The lowest BCUT2D eigenvalue weighted by molar-refractivity contribution is 0.0964. The number of aromatic nitrogens is 2. The minimum Gasteiger partial charge on any atom is -0.355 e. The second-order valence-electron chi connectivity index (χ2n) is 7.13. The maximum absolute atomic E-state index is 12.9. The SMILES string of the molecule is CNC(=O)c1c[nH]c2ncc(-c3ccc(S(=O)(=O)N4CCN(C)CC4)cc3)cc12.Cl. The van der Waals surface area contributed by atoms with Gasteiger partial charge in [-0.05, 0) is 30.8 Å². The number of pyridine rings is 1. The summed E-state index contributed by atoms with van der Waals surface area (Å²) in [5.41, 5.74) is 2.79. The fourth-order valence-corrected chi connectivity index (χ4v) is 4.90. The van der Waals surface area contributed by atoms with Crippen molar-refractivity contribution in [1.82, 2.24) is 24.5 Å². The van der Waals surface area contributed by atoms with Crippen molar-refractivity contribution >= 4 is 39.4 Å². The third-order valence-electron chi connectivity index (χ3n) is 5.29. The summed E-state index contributed by atoms with van der Waals surface area (Å²) in [7, 11) is 0.0727. The number of piperazine rings is 1. The Morgan fingerprint density at radius 3 is 2.40 bits per heavy atom. The van der Waals surface area contributed by atoms with Crippen LogP contribution in [0.3, 0.4) is 0 Å². The van der Waals surface area contributed by atoms with Crippen LogP contribution in [0.2, 0.25) is 0 Å². The Kier molecular flexibility index (Phi) is 6.47. The molecule has 0 aliphatic carbocycles. The molecule has 1 saturated heterocycles. The number of sulfonamides is 1. The average Bonchev–Trinajstić information content (AvgIpc) is 3.17. The lowest BCUT2D eigenvalue weighted by atomic mass is 10.1. The standard InChI is InChI=1S/C20H23N5O3S.ClH/c1-21-20(26)18-13-23-19-17(18)11-15(12-22-19)14-3-5-16(6-4-14)29(27,28)25-9-7-24(2)8-10-25;/h3-6,11-13H,7-10H2,1-2H3,(H,21,26)(H,22,23);1H.